The summed E-state index contributed by atoms with van der Waals surface area (Å²) >= 11 is 0. The highest BCUT2D eigenvalue weighted by molar-refractivity contribution is 6.04. The van der Waals surface area contributed by atoms with Gasteiger partial charge >= 0.3 is 5.97 Å². The van der Waals surface area contributed by atoms with Crippen molar-refractivity contribution in [2.75, 3.05) is 17.7 Å². The summed E-state index contributed by atoms with van der Waals surface area (Å²) in [5.74, 6) is -0.267. The third-order valence-electron chi connectivity index (χ3n) is 4.93. The topological polar surface area (TPSA) is 93.7 Å². The fourth-order valence-electron chi connectivity index (χ4n) is 3.33. The first-order valence-electron chi connectivity index (χ1n) is 9.69. The maximum atomic E-state index is 12.4. The van der Waals surface area contributed by atoms with Crippen LogP contribution >= 0.6 is 0 Å². The molecule has 1 atom stereocenters. The molecule has 156 valence electrons. The zero-order valence-corrected chi connectivity index (χ0v) is 16.8. The minimum absolute atomic E-state index is 0.0163. The fourth-order valence-corrected chi connectivity index (χ4v) is 3.33. The van der Waals surface area contributed by atoms with Gasteiger partial charge in [-0.3, -0.25) is 9.59 Å². The molecule has 4 rings (SSSR count). The van der Waals surface area contributed by atoms with Gasteiger partial charge in [-0.05, 0) is 54.6 Å². The first-order valence-corrected chi connectivity index (χ1v) is 9.69. The van der Waals surface area contributed by atoms with Crippen LogP contribution in [-0.4, -0.2) is 24.9 Å². The van der Waals surface area contributed by atoms with Crippen molar-refractivity contribution >= 4 is 29.2 Å². The number of benzene rings is 3. The first-order chi connectivity index (χ1) is 15.0. The highest BCUT2D eigenvalue weighted by atomic mass is 16.5. The Morgan fingerprint density at radius 3 is 2.26 bits per heavy atom. The highest BCUT2D eigenvalue weighted by Gasteiger charge is 2.32. The van der Waals surface area contributed by atoms with Gasteiger partial charge in [0.25, 0.3) is 5.91 Å². The summed E-state index contributed by atoms with van der Waals surface area (Å²) in [6, 6.07) is 20.6. The van der Waals surface area contributed by atoms with Crippen molar-refractivity contribution in [1.29, 1.82) is 0 Å². The van der Waals surface area contributed by atoms with Crippen molar-refractivity contribution in [3.63, 3.8) is 0 Å². The Labute approximate surface area is 179 Å². The Kier molecular flexibility index (Phi) is 5.66. The third-order valence-corrected chi connectivity index (χ3v) is 4.93. The molecule has 2 N–H and O–H groups in total. The molecule has 7 nitrogen and oxygen atoms in total. The standard InChI is InChI=1S/C24H20N2O5/c1-30-18-12-10-17(11-13-18)26-23(28)15-6-8-16(9-7-15)25-22(27)14-21-19-4-2-3-5-20(19)24(29)31-21/h2-13,21H,14H2,1H3,(H,25,27)(H,26,28). The fraction of sp³-hybridized carbons (Fsp3) is 0.125. The molecular formula is C24H20N2O5. The van der Waals surface area contributed by atoms with Gasteiger partial charge < -0.3 is 20.1 Å². The number of carbonyl (C=O) groups is 3. The van der Waals surface area contributed by atoms with E-state index in [9.17, 15) is 14.4 Å². The monoisotopic (exact) mass is 416 g/mol. The molecule has 2 amide bonds. The molecule has 0 aromatic heterocycles. The molecule has 31 heavy (non-hydrogen) atoms. The van der Waals surface area contributed by atoms with Crippen LogP contribution in [0.15, 0.2) is 72.8 Å². The second-order valence-corrected chi connectivity index (χ2v) is 6.99. The molecule has 0 saturated carbocycles. The summed E-state index contributed by atoms with van der Waals surface area (Å²) in [5.41, 5.74) is 2.85. The number of cyclic esters (lactones) is 1. The number of hydrogen-bond acceptors (Lipinski definition) is 5. The van der Waals surface area contributed by atoms with Crippen molar-refractivity contribution in [3.8, 4) is 5.75 Å². The molecule has 0 aliphatic carbocycles. The summed E-state index contributed by atoms with van der Waals surface area (Å²) < 4.78 is 10.4. The molecule has 1 aliphatic heterocycles. The van der Waals surface area contributed by atoms with E-state index in [-0.39, 0.29) is 18.2 Å². The number of esters is 1. The largest absolute Gasteiger partial charge is 0.497 e. The van der Waals surface area contributed by atoms with E-state index in [1.165, 1.54) is 0 Å². The van der Waals surface area contributed by atoms with E-state index in [4.69, 9.17) is 9.47 Å². The molecule has 0 fully saturated rings. The Morgan fingerprint density at radius 2 is 1.55 bits per heavy atom. The summed E-state index contributed by atoms with van der Waals surface area (Å²) in [4.78, 5) is 36.7. The second-order valence-electron chi connectivity index (χ2n) is 6.99. The Balaban J connectivity index is 1.34. The van der Waals surface area contributed by atoms with Gasteiger partial charge in [0.05, 0.1) is 19.1 Å². The van der Waals surface area contributed by atoms with Crippen LogP contribution in [-0.2, 0) is 9.53 Å². The van der Waals surface area contributed by atoms with Gasteiger partial charge in [0.1, 0.15) is 11.9 Å². The smallest absolute Gasteiger partial charge is 0.339 e. The van der Waals surface area contributed by atoms with E-state index in [1.54, 1.807) is 79.9 Å². The van der Waals surface area contributed by atoms with Crippen molar-refractivity contribution < 1.29 is 23.9 Å². The number of amides is 2. The lowest BCUT2D eigenvalue weighted by Gasteiger charge is -2.11. The number of rotatable bonds is 6. The van der Waals surface area contributed by atoms with Crippen molar-refractivity contribution in [2.45, 2.75) is 12.5 Å². The maximum absolute atomic E-state index is 12.4. The van der Waals surface area contributed by atoms with E-state index in [1.807, 2.05) is 0 Å². The van der Waals surface area contributed by atoms with Crippen LogP contribution in [0.1, 0.15) is 38.8 Å². The number of methoxy groups -OCH3 is 1. The maximum Gasteiger partial charge on any atom is 0.339 e. The van der Waals surface area contributed by atoms with E-state index >= 15 is 0 Å². The van der Waals surface area contributed by atoms with Crippen LogP contribution in [0.2, 0.25) is 0 Å². The number of fused-ring (bicyclic) bond motifs is 1. The van der Waals surface area contributed by atoms with Gasteiger partial charge in [0.15, 0.2) is 0 Å². The lowest BCUT2D eigenvalue weighted by atomic mass is 10.0. The summed E-state index contributed by atoms with van der Waals surface area (Å²) in [6.07, 6.45) is -0.583. The number of anilines is 2. The number of nitrogens with one attached hydrogen (secondary N) is 2. The minimum atomic E-state index is -0.599. The van der Waals surface area contributed by atoms with Crippen LogP contribution in [0.3, 0.4) is 0 Å². The lowest BCUT2D eigenvalue weighted by molar-refractivity contribution is -0.118. The normalized spacial score (nSPS) is 14.4. The number of carbonyl (C=O) groups excluding carboxylic acids is 3. The molecule has 0 radical (unpaired) electrons. The molecule has 1 unspecified atom stereocenters. The van der Waals surface area contributed by atoms with Crippen LogP contribution in [0.5, 0.6) is 5.75 Å². The Bertz CT molecular complexity index is 1120. The molecule has 0 saturated heterocycles. The number of hydrogen-bond donors (Lipinski definition) is 2. The van der Waals surface area contributed by atoms with Crippen LogP contribution in [0.4, 0.5) is 11.4 Å². The Hall–Kier alpha value is -4.13. The summed E-state index contributed by atoms with van der Waals surface area (Å²) in [6.45, 7) is 0. The lowest BCUT2D eigenvalue weighted by Crippen LogP contribution is -2.16. The average Bonchev–Trinajstić information content (AvgIpc) is 3.10. The highest BCUT2D eigenvalue weighted by Crippen LogP contribution is 2.33. The molecule has 3 aromatic rings. The van der Waals surface area contributed by atoms with Gasteiger partial charge in [0.2, 0.25) is 5.91 Å². The molecule has 0 spiro atoms. The summed E-state index contributed by atoms with van der Waals surface area (Å²) in [5, 5.41) is 5.57. The first kappa shape index (κ1) is 20.2. The molecular weight excluding hydrogens is 396 g/mol. The van der Waals surface area contributed by atoms with E-state index < -0.39 is 12.1 Å². The average molecular weight is 416 g/mol. The van der Waals surface area contributed by atoms with Gasteiger partial charge in [-0.2, -0.15) is 0 Å². The Morgan fingerprint density at radius 1 is 0.903 bits per heavy atom. The van der Waals surface area contributed by atoms with Crippen molar-refractivity contribution in [2.24, 2.45) is 0 Å². The minimum Gasteiger partial charge on any atom is -0.497 e. The molecule has 1 heterocycles. The van der Waals surface area contributed by atoms with Crippen LogP contribution in [0, 0.1) is 0 Å². The van der Waals surface area contributed by atoms with Crippen molar-refractivity contribution in [3.05, 3.63) is 89.5 Å². The predicted octanol–water partition coefficient (Wildman–Crippen LogP) is 4.19. The van der Waals surface area contributed by atoms with Gasteiger partial charge in [0, 0.05) is 22.5 Å². The van der Waals surface area contributed by atoms with Gasteiger partial charge in [-0.15, -0.1) is 0 Å². The molecule has 1 aliphatic rings. The van der Waals surface area contributed by atoms with Crippen LogP contribution < -0.4 is 15.4 Å². The third kappa shape index (κ3) is 4.56. The zero-order chi connectivity index (χ0) is 21.8. The van der Waals surface area contributed by atoms with Crippen LogP contribution in [0.25, 0.3) is 0 Å². The molecule has 7 heteroatoms. The van der Waals surface area contributed by atoms with E-state index in [2.05, 4.69) is 10.6 Å². The predicted molar refractivity (Wildman–Crippen MR) is 115 cm³/mol. The van der Waals surface area contributed by atoms with E-state index in [0.29, 0.717) is 33.8 Å². The summed E-state index contributed by atoms with van der Waals surface area (Å²) in [7, 11) is 1.58. The molecule has 0 bridgehead atoms. The van der Waals surface area contributed by atoms with Gasteiger partial charge in [-0.25, -0.2) is 4.79 Å². The zero-order valence-electron chi connectivity index (χ0n) is 16.8. The van der Waals surface area contributed by atoms with Gasteiger partial charge in [-0.1, -0.05) is 18.2 Å². The quantitative estimate of drug-likeness (QED) is 0.588. The van der Waals surface area contributed by atoms with Crippen molar-refractivity contribution in [1.82, 2.24) is 0 Å². The SMILES string of the molecule is COc1ccc(NC(=O)c2ccc(NC(=O)CC3OC(=O)c4ccccc43)cc2)cc1. The molecule has 3 aromatic carbocycles. The van der Waals surface area contributed by atoms with E-state index in [0.717, 1.165) is 0 Å². The number of ether oxygens (including phenoxy) is 2. The second kappa shape index (κ2) is 8.71.